The predicted molar refractivity (Wildman–Crippen MR) is 107 cm³/mol. The quantitative estimate of drug-likeness (QED) is 0.562. The molecule has 7 heteroatoms. The van der Waals surface area contributed by atoms with E-state index in [2.05, 4.69) is 20.2 Å². The number of amides is 1. The highest BCUT2D eigenvalue weighted by molar-refractivity contribution is 5.93. The first-order valence-electron chi connectivity index (χ1n) is 9.03. The van der Waals surface area contributed by atoms with Crippen molar-refractivity contribution in [2.75, 3.05) is 6.54 Å². The second-order valence-corrected chi connectivity index (χ2v) is 6.38. The molecule has 1 amide bonds. The molecule has 7 nitrogen and oxygen atoms in total. The Labute approximate surface area is 161 Å². The van der Waals surface area contributed by atoms with Gasteiger partial charge in [0, 0.05) is 12.1 Å². The van der Waals surface area contributed by atoms with E-state index < -0.39 is 0 Å². The minimum absolute atomic E-state index is 0.201. The molecule has 4 rings (SSSR count). The molecule has 140 valence electrons. The fraction of sp³-hybridized carbons (Fsp3) is 0.143. The summed E-state index contributed by atoms with van der Waals surface area (Å²) in [5.41, 5.74) is 2.43. The van der Waals surface area contributed by atoms with Crippen molar-refractivity contribution in [2.24, 2.45) is 0 Å². The van der Waals surface area contributed by atoms with Crippen molar-refractivity contribution in [3.63, 3.8) is 0 Å². The Hall–Kier alpha value is -3.74. The van der Waals surface area contributed by atoms with Crippen molar-refractivity contribution in [3.8, 4) is 11.3 Å². The van der Waals surface area contributed by atoms with Crippen molar-refractivity contribution < 1.29 is 4.79 Å². The van der Waals surface area contributed by atoms with Gasteiger partial charge in [0.2, 0.25) is 0 Å². The summed E-state index contributed by atoms with van der Waals surface area (Å²) in [5, 5.41) is 7.58. The van der Waals surface area contributed by atoms with Crippen LogP contribution < -0.4 is 5.56 Å². The molecule has 0 aliphatic rings. The number of fused-ring (bicyclic) bond motifs is 1. The third-order valence-corrected chi connectivity index (χ3v) is 4.55. The predicted octanol–water partition coefficient (Wildman–Crippen LogP) is 2.98. The third kappa shape index (κ3) is 3.42. The number of hydrogen-bond donors (Lipinski definition) is 2. The van der Waals surface area contributed by atoms with Gasteiger partial charge in [0.05, 0.1) is 23.1 Å². The number of H-pyrrole nitrogens is 2. The summed E-state index contributed by atoms with van der Waals surface area (Å²) in [5.74, 6) is 0.245. The molecule has 0 saturated heterocycles. The molecule has 0 aliphatic carbocycles. The van der Waals surface area contributed by atoms with Crippen LogP contribution in [0.15, 0.2) is 65.5 Å². The lowest BCUT2D eigenvalue weighted by molar-refractivity contribution is 0.0742. The van der Waals surface area contributed by atoms with Gasteiger partial charge in [-0.05, 0) is 25.1 Å². The summed E-state index contributed by atoms with van der Waals surface area (Å²) in [6, 6.07) is 18.5. The van der Waals surface area contributed by atoms with Crippen molar-refractivity contribution in [1.29, 1.82) is 0 Å². The highest BCUT2D eigenvalue weighted by atomic mass is 16.2. The molecule has 0 saturated carbocycles. The summed E-state index contributed by atoms with van der Waals surface area (Å²) in [4.78, 5) is 34.0. The van der Waals surface area contributed by atoms with Gasteiger partial charge in [-0.2, -0.15) is 5.10 Å². The highest BCUT2D eigenvalue weighted by Gasteiger charge is 2.19. The molecule has 0 spiro atoms. The first-order valence-corrected chi connectivity index (χ1v) is 9.03. The number of aromatic amines is 2. The fourth-order valence-electron chi connectivity index (χ4n) is 3.08. The largest absolute Gasteiger partial charge is 0.330 e. The van der Waals surface area contributed by atoms with Crippen LogP contribution in [0.1, 0.15) is 23.2 Å². The van der Waals surface area contributed by atoms with Crippen molar-refractivity contribution in [1.82, 2.24) is 25.1 Å². The molecule has 0 aliphatic heterocycles. The van der Waals surface area contributed by atoms with Gasteiger partial charge < -0.3 is 9.88 Å². The summed E-state index contributed by atoms with van der Waals surface area (Å²) in [6.45, 7) is 2.55. The highest BCUT2D eigenvalue weighted by Crippen LogP contribution is 2.18. The lowest BCUT2D eigenvalue weighted by Gasteiger charge is -2.19. The van der Waals surface area contributed by atoms with Crippen LogP contribution in [0, 0.1) is 0 Å². The summed E-state index contributed by atoms with van der Waals surface area (Å²) in [6.07, 6.45) is 0. The first kappa shape index (κ1) is 17.7. The summed E-state index contributed by atoms with van der Waals surface area (Å²) >= 11 is 0. The van der Waals surface area contributed by atoms with Crippen molar-refractivity contribution in [2.45, 2.75) is 13.5 Å². The molecule has 28 heavy (non-hydrogen) atoms. The molecule has 0 radical (unpaired) electrons. The zero-order chi connectivity index (χ0) is 19.5. The second-order valence-electron chi connectivity index (χ2n) is 6.38. The van der Waals surface area contributed by atoms with E-state index in [1.165, 1.54) is 0 Å². The van der Waals surface area contributed by atoms with Crippen LogP contribution in [0.5, 0.6) is 0 Å². The molecule has 0 bridgehead atoms. The summed E-state index contributed by atoms with van der Waals surface area (Å²) in [7, 11) is 0. The van der Waals surface area contributed by atoms with Crippen LogP contribution in [0.2, 0.25) is 0 Å². The van der Waals surface area contributed by atoms with E-state index in [0.29, 0.717) is 34.7 Å². The lowest BCUT2D eigenvalue weighted by atomic mass is 10.1. The number of rotatable bonds is 5. The minimum atomic E-state index is -0.211. The Bertz CT molecular complexity index is 1180. The van der Waals surface area contributed by atoms with Gasteiger partial charge in [-0.15, -0.1) is 0 Å². The number of carbonyl (C=O) groups is 1. The molecule has 0 atom stereocenters. The average molecular weight is 373 g/mol. The molecule has 2 heterocycles. The molecular weight excluding hydrogens is 354 g/mol. The lowest BCUT2D eigenvalue weighted by Crippen LogP contribution is -2.32. The van der Waals surface area contributed by atoms with Gasteiger partial charge >= 0.3 is 0 Å². The van der Waals surface area contributed by atoms with Gasteiger partial charge in [-0.3, -0.25) is 14.7 Å². The maximum atomic E-state index is 12.9. The van der Waals surface area contributed by atoms with Crippen LogP contribution in [0.25, 0.3) is 22.2 Å². The summed E-state index contributed by atoms with van der Waals surface area (Å²) < 4.78 is 0. The zero-order valence-corrected chi connectivity index (χ0v) is 15.3. The Kier molecular flexibility index (Phi) is 4.72. The van der Waals surface area contributed by atoms with Crippen LogP contribution in [-0.2, 0) is 6.54 Å². The number of benzene rings is 2. The number of hydrogen-bond acceptors (Lipinski definition) is 4. The van der Waals surface area contributed by atoms with E-state index in [9.17, 15) is 9.59 Å². The Morgan fingerprint density at radius 1 is 1.07 bits per heavy atom. The number of nitrogens with one attached hydrogen (secondary N) is 2. The maximum Gasteiger partial charge on any atom is 0.272 e. The van der Waals surface area contributed by atoms with Gasteiger partial charge in [0.1, 0.15) is 11.5 Å². The monoisotopic (exact) mass is 373 g/mol. The SMILES string of the molecule is CCN(Cc1nc2ccccc2c(=O)[nH]1)C(=O)c1cc(-c2ccccc2)n[nH]1. The zero-order valence-electron chi connectivity index (χ0n) is 15.3. The Morgan fingerprint density at radius 2 is 1.82 bits per heavy atom. The maximum absolute atomic E-state index is 12.9. The molecule has 0 fully saturated rings. The van der Waals surface area contributed by atoms with Gasteiger partial charge in [0.25, 0.3) is 11.5 Å². The van der Waals surface area contributed by atoms with E-state index in [-0.39, 0.29) is 18.0 Å². The number of nitrogens with zero attached hydrogens (tertiary/aromatic N) is 3. The molecule has 2 aromatic carbocycles. The molecular formula is C21H19N5O2. The van der Waals surface area contributed by atoms with Crippen LogP contribution in [0.4, 0.5) is 0 Å². The standard InChI is InChI=1S/C21H19N5O2/c1-2-26(13-19-22-16-11-7-6-10-15(16)20(27)23-19)21(28)18-12-17(24-25-18)14-8-4-3-5-9-14/h3-12H,2,13H2,1H3,(H,24,25)(H,22,23,27). The molecule has 2 N–H and O–H groups in total. The van der Waals surface area contributed by atoms with Gasteiger partial charge in [-0.1, -0.05) is 42.5 Å². The van der Waals surface area contributed by atoms with E-state index in [1.807, 2.05) is 43.3 Å². The van der Waals surface area contributed by atoms with E-state index in [1.54, 1.807) is 29.2 Å². The number of carbonyl (C=O) groups excluding carboxylic acids is 1. The Morgan fingerprint density at radius 3 is 2.61 bits per heavy atom. The van der Waals surface area contributed by atoms with E-state index in [0.717, 1.165) is 5.56 Å². The molecule has 0 unspecified atom stereocenters. The second kappa shape index (κ2) is 7.48. The average Bonchev–Trinajstić information content (AvgIpc) is 3.22. The fourth-order valence-corrected chi connectivity index (χ4v) is 3.08. The van der Waals surface area contributed by atoms with E-state index >= 15 is 0 Å². The van der Waals surface area contributed by atoms with Crippen LogP contribution >= 0.6 is 0 Å². The third-order valence-electron chi connectivity index (χ3n) is 4.55. The van der Waals surface area contributed by atoms with Crippen molar-refractivity contribution >= 4 is 16.8 Å². The Balaban J connectivity index is 1.58. The van der Waals surface area contributed by atoms with E-state index in [4.69, 9.17) is 0 Å². The van der Waals surface area contributed by atoms with Crippen LogP contribution in [0.3, 0.4) is 0 Å². The normalized spacial score (nSPS) is 10.9. The molecule has 4 aromatic rings. The smallest absolute Gasteiger partial charge is 0.272 e. The number of para-hydroxylation sites is 1. The molecule has 2 aromatic heterocycles. The van der Waals surface area contributed by atoms with Gasteiger partial charge in [-0.25, -0.2) is 4.98 Å². The first-order chi connectivity index (χ1) is 13.7. The topological polar surface area (TPSA) is 94.7 Å². The van der Waals surface area contributed by atoms with Crippen molar-refractivity contribution in [3.05, 3.63) is 82.5 Å². The van der Waals surface area contributed by atoms with Crippen LogP contribution in [-0.4, -0.2) is 37.5 Å². The number of aromatic nitrogens is 4. The minimum Gasteiger partial charge on any atom is -0.330 e. The van der Waals surface area contributed by atoms with Gasteiger partial charge in [0.15, 0.2) is 0 Å².